The second-order valence-electron chi connectivity index (χ2n) is 11.6. The van der Waals surface area contributed by atoms with Crippen LogP contribution in [0.25, 0.3) is 0 Å². The molecule has 6 nitrogen and oxygen atoms in total. The number of nitrogens with one attached hydrogen (secondary N) is 2. The van der Waals surface area contributed by atoms with Gasteiger partial charge in [-0.05, 0) is 88.7 Å². The molecular weight excluding hydrogens is 434 g/mol. The molecule has 2 amide bonds. The molecule has 3 saturated heterocycles. The number of piperidine rings is 3. The molecule has 2 bridgehead atoms. The second-order valence-corrected chi connectivity index (χ2v) is 13.7. The number of benzene rings is 1. The Morgan fingerprint density at radius 1 is 1.12 bits per heavy atom. The molecule has 3 aliphatic rings. The van der Waals surface area contributed by atoms with Gasteiger partial charge in [0.2, 0.25) is 0 Å². The van der Waals surface area contributed by atoms with Crippen molar-refractivity contribution < 1.29 is 13.2 Å². The summed E-state index contributed by atoms with van der Waals surface area (Å²) in [7, 11) is -3.31. The van der Waals surface area contributed by atoms with Crippen molar-refractivity contribution in [3.8, 4) is 11.8 Å². The number of amides is 2. The van der Waals surface area contributed by atoms with Gasteiger partial charge in [-0.2, -0.15) is 0 Å². The predicted molar refractivity (Wildman–Crippen MR) is 133 cm³/mol. The van der Waals surface area contributed by atoms with Gasteiger partial charge in [0, 0.05) is 12.1 Å². The molecule has 0 radical (unpaired) electrons. The molecule has 1 aromatic rings. The van der Waals surface area contributed by atoms with E-state index < -0.39 is 15.4 Å². The smallest absolute Gasteiger partial charge is 0.316 e. The summed E-state index contributed by atoms with van der Waals surface area (Å²) in [4.78, 5) is 15.5. The molecule has 182 valence electrons. The highest BCUT2D eigenvalue weighted by Gasteiger charge is 2.44. The minimum absolute atomic E-state index is 0.0327. The highest BCUT2D eigenvalue weighted by atomic mass is 32.2. The van der Waals surface area contributed by atoms with Gasteiger partial charge >= 0.3 is 6.03 Å². The van der Waals surface area contributed by atoms with Crippen molar-refractivity contribution in [2.24, 2.45) is 11.3 Å². The van der Waals surface area contributed by atoms with Crippen molar-refractivity contribution in [3.05, 3.63) is 29.8 Å². The Kier molecular flexibility index (Phi) is 7.21. The Balaban J connectivity index is 1.60. The first-order valence-electron chi connectivity index (χ1n) is 11.9. The number of hydrogen-bond acceptors (Lipinski definition) is 4. The van der Waals surface area contributed by atoms with Gasteiger partial charge in [0.15, 0.2) is 9.84 Å². The lowest BCUT2D eigenvalue weighted by Gasteiger charge is -2.52. The molecule has 3 aliphatic heterocycles. The summed E-state index contributed by atoms with van der Waals surface area (Å²) >= 11 is 0. The average molecular weight is 474 g/mol. The summed E-state index contributed by atoms with van der Waals surface area (Å²) in [5.74, 6) is 6.83. The molecule has 7 heteroatoms. The zero-order valence-corrected chi connectivity index (χ0v) is 21.7. The third kappa shape index (κ3) is 6.97. The van der Waals surface area contributed by atoms with E-state index in [1.54, 1.807) is 24.3 Å². The zero-order valence-electron chi connectivity index (χ0n) is 20.9. The van der Waals surface area contributed by atoms with E-state index >= 15 is 0 Å². The van der Waals surface area contributed by atoms with E-state index in [1.165, 1.54) is 0 Å². The monoisotopic (exact) mass is 473 g/mol. The van der Waals surface area contributed by atoms with Crippen molar-refractivity contribution in [2.45, 2.75) is 76.8 Å². The molecule has 0 aromatic heterocycles. The van der Waals surface area contributed by atoms with Crippen LogP contribution in [-0.2, 0) is 9.84 Å². The quantitative estimate of drug-likeness (QED) is 0.638. The largest absolute Gasteiger partial charge is 0.331 e. The van der Waals surface area contributed by atoms with E-state index in [2.05, 4.69) is 34.3 Å². The number of nitrogens with zero attached hydrogens (tertiary/aromatic N) is 1. The summed E-state index contributed by atoms with van der Waals surface area (Å²) in [5, 5.41) is 6.19. The van der Waals surface area contributed by atoms with Crippen LogP contribution in [0.1, 0.15) is 66.4 Å². The highest BCUT2D eigenvalue weighted by molar-refractivity contribution is 7.91. The third-order valence-corrected chi connectivity index (χ3v) is 8.45. The Labute approximate surface area is 199 Å². The first kappa shape index (κ1) is 25.6. The number of urea groups is 1. The first-order valence-corrected chi connectivity index (χ1v) is 13.5. The van der Waals surface area contributed by atoms with E-state index in [-0.39, 0.29) is 22.7 Å². The lowest BCUT2D eigenvalue weighted by Crippen LogP contribution is -2.67. The number of sulfone groups is 1. The first-order chi connectivity index (χ1) is 15.2. The maximum absolute atomic E-state index is 12.7. The molecule has 4 rings (SSSR count). The number of rotatable bonds is 5. The van der Waals surface area contributed by atoms with Crippen LogP contribution in [0.4, 0.5) is 4.79 Å². The van der Waals surface area contributed by atoms with Crippen LogP contribution in [-0.4, -0.2) is 55.8 Å². The number of hydrogen-bond donors (Lipinski definition) is 2. The molecule has 0 spiro atoms. The topological polar surface area (TPSA) is 78.5 Å². The van der Waals surface area contributed by atoms with Crippen LogP contribution in [0, 0.1) is 23.2 Å². The van der Waals surface area contributed by atoms with E-state index in [4.69, 9.17) is 0 Å². The molecule has 3 heterocycles. The minimum atomic E-state index is -3.31. The number of carbonyl (C=O) groups excluding carboxylic acids is 1. The van der Waals surface area contributed by atoms with E-state index in [0.29, 0.717) is 22.8 Å². The minimum Gasteiger partial charge on any atom is -0.331 e. The standard InChI is InChI=1S/C26H39N3O3S/c1-24(2,3)15-18-33(31,32)22-9-7-20(8-10-22)11-14-25(4,5)27-23(30)28-26(6)19-29-16-12-21(26)13-17-29/h7-10,21H,12-13,15-19H2,1-6H3,(H2,27,28,30). The molecule has 1 aromatic carbocycles. The van der Waals surface area contributed by atoms with Crippen molar-refractivity contribution in [3.63, 3.8) is 0 Å². The van der Waals surface area contributed by atoms with Gasteiger partial charge in [-0.1, -0.05) is 32.6 Å². The van der Waals surface area contributed by atoms with Crippen LogP contribution in [0.2, 0.25) is 0 Å². The van der Waals surface area contributed by atoms with E-state index in [1.807, 2.05) is 34.6 Å². The maximum Gasteiger partial charge on any atom is 0.316 e. The van der Waals surface area contributed by atoms with Crippen LogP contribution in [0.3, 0.4) is 0 Å². The predicted octanol–water partition coefficient (Wildman–Crippen LogP) is 3.81. The SMILES string of the molecule is CC(C)(C)CCS(=O)(=O)c1ccc(C#CC(C)(C)NC(=O)NC2(C)CN3CCC2CC3)cc1. The normalized spacial score (nSPS) is 25.2. The second kappa shape index (κ2) is 9.31. The van der Waals surface area contributed by atoms with Crippen LogP contribution < -0.4 is 10.6 Å². The highest BCUT2D eigenvalue weighted by Crippen LogP contribution is 2.35. The Morgan fingerprint density at radius 3 is 2.24 bits per heavy atom. The van der Waals surface area contributed by atoms with Crippen molar-refractivity contribution >= 4 is 15.9 Å². The summed E-state index contributed by atoms with van der Waals surface area (Å²) in [6.07, 6.45) is 2.86. The van der Waals surface area contributed by atoms with Gasteiger partial charge in [-0.15, -0.1) is 0 Å². The molecule has 0 saturated carbocycles. The molecule has 0 aliphatic carbocycles. The van der Waals surface area contributed by atoms with Gasteiger partial charge in [0.05, 0.1) is 21.7 Å². The summed E-state index contributed by atoms with van der Waals surface area (Å²) < 4.78 is 25.1. The molecule has 2 N–H and O–H groups in total. The fourth-order valence-electron chi connectivity index (χ4n) is 4.60. The van der Waals surface area contributed by atoms with Gasteiger partial charge in [0.25, 0.3) is 0 Å². The molecule has 1 atom stereocenters. The third-order valence-electron chi connectivity index (χ3n) is 6.72. The Morgan fingerprint density at radius 2 is 1.73 bits per heavy atom. The van der Waals surface area contributed by atoms with Gasteiger partial charge < -0.3 is 15.5 Å². The van der Waals surface area contributed by atoms with E-state index in [0.717, 1.165) is 32.5 Å². The van der Waals surface area contributed by atoms with Gasteiger partial charge in [-0.25, -0.2) is 13.2 Å². The molecule has 1 unspecified atom stereocenters. The summed E-state index contributed by atoms with van der Waals surface area (Å²) in [6.45, 7) is 15.1. The fourth-order valence-corrected chi connectivity index (χ4v) is 6.27. The summed E-state index contributed by atoms with van der Waals surface area (Å²) in [6, 6.07) is 6.47. The van der Waals surface area contributed by atoms with Gasteiger partial charge in [-0.3, -0.25) is 0 Å². The van der Waals surface area contributed by atoms with Crippen molar-refractivity contribution in [1.29, 1.82) is 0 Å². The molecular formula is C26H39N3O3S. The van der Waals surface area contributed by atoms with Crippen LogP contribution >= 0.6 is 0 Å². The lowest BCUT2D eigenvalue weighted by molar-refractivity contribution is 0.0226. The summed E-state index contributed by atoms with van der Waals surface area (Å²) in [5.41, 5.74) is -0.261. The maximum atomic E-state index is 12.7. The lowest BCUT2D eigenvalue weighted by atomic mass is 9.74. The van der Waals surface area contributed by atoms with Gasteiger partial charge in [0.1, 0.15) is 0 Å². The number of carbonyl (C=O) groups is 1. The Hall–Kier alpha value is -2.04. The zero-order chi connectivity index (χ0) is 24.5. The average Bonchev–Trinajstić information content (AvgIpc) is 2.70. The molecule has 3 fully saturated rings. The number of fused-ring (bicyclic) bond motifs is 3. The fraction of sp³-hybridized carbons (Fsp3) is 0.654. The van der Waals surface area contributed by atoms with Crippen LogP contribution in [0.15, 0.2) is 29.2 Å². The van der Waals surface area contributed by atoms with Crippen LogP contribution in [0.5, 0.6) is 0 Å². The van der Waals surface area contributed by atoms with Crippen molar-refractivity contribution in [2.75, 3.05) is 25.4 Å². The van der Waals surface area contributed by atoms with E-state index in [9.17, 15) is 13.2 Å². The Bertz CT molecular complexity index is 1020. The molecule has 33 heavy (non-hydrogen) atoms. The van der Waals surface area contributed by atoms with Crippen molar-refractivity contribution in [1.82, 2.24) is 15.5 Å².